The first-order chi connectivity index (χ1) is 10.6. The standard InChI is InChI=1S/C16H17BrN4O/c1-9-14(11-5-3-4-6-12(11)17)10(2)19-15(9)16-21-20-13(22-16)7-8-18/h3-6,19H,7-8,18H2,1-2H3. The van der Waals surface area contributed by atoms with Crippen LogP contribution in [0, 0.1) is 13.8 Å². The van der Waals surface area contributed by atoms with Gasteiger partial charge in [0.05, 0.1) is 0 Å². The Morgan fingerprint density at radius 3 is 2.73 bits per heavy atom. The van der Waals surface area contributed by atoms with Gasteiger partial charge in [-0.15, -0.1) is 10.2 Å². The molecule has 3 aromatic rings. The highest BCUT2D eigenvalue weighted by Crippen LogP contribution is 2.37. The van der Waals surface area contributed by atoms with Crippen molar-refractivity contribution in [3.63, 3.8) is 0 Å². The van der Waals surface area contributed by atoms with Crippen molar-refractivity contribution >= 4 is 15.9 Å². The van der Waals surface area contributed by atoms with Crippen LogP contribution in [-0.4, -0.2) is 21.7 Å². The van der Waals surface area contributed by atoms with Gasteiger partial charge in [0.2, 0.25) is 5.89 Å². The normalized spacial score (nSPS) is 11.1. The summed E-state index contributed by atoms with van der Waals surface area (Å²) in [6.07, 6.45) is 0.586. The van der Waals surface area contributed by atoms with Crippen molar-refractivity contribution in [1.29, 1.82) is 0 Å². The second-order valence-electron chi connectivity index (χ2n) is 5.14. The summed E-state index contributed by atoms with van der Waals surface area (Å²) in [5.41, 5.74) is 10.8. The van der Waals surface area contributed by atoms with E-state index >= 15 is 0 Å². The van der Waals surface area contributed by atoms with E-state index in [0.717, 1.165) is 32.6 Å². The molecule has 0 fully saturated rings. The molecule has 0 amide bonds. The predicted octanol–water partition coefficient (Wildman–Crippen LogP) is 3.61. The van der Waals surface area contributed by atoms with Crippen LogP contribution >= 0.6 is 15.9 Å². The van der Waals surface area contributed by atoms with Crippen LogP contribution < -0.4 is 5.73 Å². The number of nitrogens with two attached hydrogens (primary N) is 1. The summed E-state index contributed by atoms with van der Waals surface area (Å²) in [5.74, 6) is 1.06. The molecule has 0 saturated carbocycles. The Balaban J connectivity index is 2.08. The summed E-state index contributed by atoms with van der Waals surface area (Å²) in [6, 6.07) is 8.15. The lowest BCUT2D eigenvalue weighted by atomic mass is 10.0. The summed E-state index contributed by atoms with van der Waals surface area (Å²) in [7, 11) is 0. The smallest absolute Gasteiger partial charge is 0.264 e. The Morgan fingerprint density at radius 1 is 1.23 bits per heavy atom. The Kier molecular flexibility index (Phi) is 4.13. The zero-order valence-electron chi connectivity index (χ0n) is 12.5. The third-order valence-corrected chi connectivity index (χ3v) is 4.31. The molecular weight excluding hydrogens is 344 g/mol. The maximum Gasteiger partial charge on any atom is 0.264 e. The van der Waals surface area contributed by atoms with E-state index in [1.54, 1.807) is 0 Å². The maximum atomic E-state index is 5.68. The largest absolute Gasteiger partial charge is 0.419 e. The van der Waals surface area contributed by atoms with Gasteiger partial charge in [0.1, 0.15) is 5.69 Å². The lowest BCUT2D eigenvalue weighted by Crippen LogP contribution is -2.02. The fraction of sp³-hybridized carbons (Fsp3) is 0.250. The Bertz CT molecular complexity index is 806. The number of nitrogens with one attached hydrogen (secondary N) is 1. The molecule has 22 heavy (non-hydrogen) atoms. The predicted molar refractivity (Wildman–Crippen MR) is 89.5 cm³/mol. The van der Waals surface area contributed by atoms with Gasteiger partial charge in [0.25, 0.3) is 5.89 Å². The minimum Gasteiger partial charge on any atom is -0.419 e. The highest BCUT2D eigenvalue weighted by molar-refractivity contribution is 9.10. The van der Waals surface area contributed by atoms with Gasteiger partial charge >= 0.3 is 0 Å². The summed E-state index contributed by atoms with van der Waals surface area (Å²) >= 11 is 3.61. The van der Waals surface area contributed by atoms with E-state index in [1.807, 2.05) is 25.1 Å². The van der Waals surface area contributed by atoms with E-state index in [2.05, 4.69) is 44.1 Å². The molecule has 2 heterocycles. The number of hydrogen-bond donors (Lipinski definition) is 2. The monoisotopic (exact) mass is 360 g/mol. The number of benzene rings is 1. The third-order valence-electron chi connectivity index (χ3n) is 3.62. The highest BCUT2D eigenvalue weighted by Gasteiger charge is 2.19. The second-order valence-corrected chi connectivity index (χ2v) is 6.00. The van der Waals surface area contributed by atoms with Crippen LogP contribution in [0.4, 0.5) is 0 Å². The molecule has 0 aliphatic carbocycles. The highest BCUT2D eigenvalue weighted by atomic mass is 79.9. The number of aromatic nitrogens is 3. The minimum absolute atomic E-state index is 0.493. The van der Waals surface area contributed by atoms with E-state index in [1.165, 1.54) is 0 Å². The Morgan fingerprint density at radius 2 is 2.00 bits per heavy atom. The number of aryl methyl sites for hydroxylation is 1. The number of nitrogens with zero attached hydrogens (tertiary/aromatic N) is 2. The topological polar surface area (TPSA) is 80.7 Å². The number of hydrogen-bond acceptors (Lipinski definition) is 4. The molecule has 2 aromatic heterocycles. The van der Waals surface area contributed by atoms with Gasteiger partial charge in [-0.05, 0) is 31.0 Å². The molecule has 6 heteroatoms. The SMILES string of the molecule is Cc1[nH]c(-c2nnc(CCN)o2)c(C)c1-c1ccccc1Br. The van der Waals surface area contributed by atoms with Crippen molar-refractivity contribution in [2.75, 3.05) is 6.54 Å². The first-order valence-electron chi connectivity index (χ1n) is 7.08. The molecule has 0 unspecified atom stereocenters. The summed E-state index contributed by atoms with van der Waals surface area (Å²) in [6.45, 7) is 4.59. The number of H-pyrrole nitrogens is 1. The number of halogens is 1. The van der Waals surface area contributed by atoms with E-state index in [0.29, 0.717) is 24.7 Å². The molecule has 0 saturated heterocycles. The second kappa shape index (κ2) is 6.06. The molecule has 0 aliphatic heterocycles. The average molecular weight is 361 g/mol. The Labute approximate surface area is 137 Å². The van der Waals surface area contributed by atoms with Gasteiger partial charge in [-0.1, -0.05) is 34.1 Å². The zero-order valence-corrected chi connectivity index (χ0v) is 14.1. The number of rotatable bonds is 4. The van der Waals surface area contributed by atoms with Crippen LogP contribution in [0.5, 0.6) is 0 Å². The van der Waals surface area contributed by atoms with E-state index in [-0.39, 0.29) is 0 Å². The fourth-order valence-electron chi connectivity index (χ4n) is 2.61. The van der Waals surface area contributed by atoms with Gasteiger partial charge in [0, 0.05) is 28.7 Å². The lowest BCUT2D eigenvalue weighted by molar-refractivity contribution is 0.505. The van der Waals surface area contributed by atoms with Crippen LogP contribution in [0.25, 0.3) is 22.7 Å². The summed E-state index contributed by atoms with van der Waals surface area (Å²) in [4.78, 5) is 3.36. The quantitative estimate of drug-likeness (QED) is 0.744. The third kappa shape index (κ3) is 2.60. The van der Waals surface area contributed by atoms with Crippen molar-refractivity contribution in [2.24, 2.45) is 5.73 Å². The molecule has 0 bridgehead atoms. The van der Waals surface area contributed by atoms with Crippen molar-refractivity contribution < 1.29 is 4.42 Å². The van der Waals surface area contributed by atoms with Crippen molar-refractivity contribution in [3.05, 3.63) is 45.9 Å². The molecule has 5 nitrogen and oxygen atoms in total. The van der Waals surface area contributed by atoms with Gasteiger partial charge in [-0.2, -0.15) is 0 Å². The molecule has 3 N–H and O–H groups in total. The summed E-state index contributed by atoms with van der Waals surface area (Å²) < 4.78 is 6.74. The first-order valence-corrected chi connectivity index (χ1v) is 7.88. The van der Waals surface area contributed by atoms with Gasteiger partial charge in [-0.25, -0.2) is 0 Å². The maximum absolute atomic E-state index is 5.68. The molecule has 0 spiro atoms. The van der Waals surface area contributed by atoms with Crippen LogP contribution in [0.15, 0.2) is 33.2 Å². The number of aromatic amines is 1. The minimum atomic E-state index is 0.493. The van der Waals surface area contributed by atoms with E-state index in [9.17, 15) is 0 Å². The molecule has 1 aromatic carbocycles. The van der Waals surface area contributed by atoms with E-state index < -0.39 is 0 Å². The molecule has 114 valence electrons. The van der Waals surface area contributed by atoms with Crippen LogP contribution in [0.3, 0.4) is 0 Å². The van der Waals surface area contributed by atoms with Crippen LogP contribution in [0.1, 0.15) is 17.1 Å². The molecular formula is C16H17BrN4O. The molecule has 3 rings (SSSR count). The first kappa shape index (κ1) is 15.0. The summed E-state index contributed by atoms with van der Waals surface area (Å²) in [5, 5.41) is 8.15. The van der Waals surface area contributed by atoms with Gasteiger partial charge < -0.3 is 15.1 Å². The molecule has 0 aliphatic rings. The zero-order chi connectivity index (χ0) is 15.7. The van der Waals surface area contributed by atoms with Crippen LogP contribution in [-0.2, 0) is 6.42 Å². The van der Waals surface area contributed by atoms with Gasteiger partial charge in [0.15, 0.2) is 0 Å². The molecule has 0 atom stereocenters. The van der Waals surface area contributed by atoms with Crippen molar-refractivity contribution in [2.45, 2.75) is 20.3 Å². The molecule has 0 radical (unpaired) electrons. The Hall–Kier alpha value is -1.92. The van der Waals surface area contributed by atoms with Crippen LogP contribution in [0.2, 0.25) is 0 Å². The van der Waals surface area contributed by atoms with E-state index in [4.69, 9.17) is 10.2 Å². The van der Waals surface area contributed by atoms with Crippen molar-refractivity contribution in [3.8, 4) is 22.7 Å². The van der Waals surface area contributed by atoms with Crippen molar-refractivity contribution in [1.82, 2.24) is 15.2 Å². The van der Waals surface area contributed by atoms with Gasteiger partial charge in [-0.3, -0.25) is 0 Å². The average Bonchev–Trinajstić information content (AvgIpc) is 3.06. The fourth-order valence-corrected chi connectivity index (χ4v) is 3.09. The lowest BCUT2D eigenvalue weighted by Gasteiger charge is -2.05.